The van der Waals surface area contributed by atoms with E-state index in [9.17, 15) is 0 Å². The molecule has 0 spiro atoms. The Kier molecular flexibility index (Phi) is 7.45. The third-order valence-electron chi connectivity index (χ3n) is 1.61. The molecule has 0 bridgehead atoms. The predicted octanol–water partition coefficient (Wildman–Crippen LogP) is 0.726. The van der Waals surface area contributed by atoms with Crippen LogP contribution in [0.15, 0.2) is 0 Å². The van der Waals surface area contributed by atoms with Crippen molar-refractivity contribution >= 4 is 0 Å². The molecule has 1 N–H and O–H groups in total. The summed E-state index contributed by atoms with van der Waals surface area (Å²) in [5, 5.41) is 9.05. The Balaban J connectivity index is 3.14. The van der Waals surface area contributed by atoms with Crippen LogP contribution in [0.25, 0.3) is 0 Å². The van der Waals surface area contributed by atoms with Crippen molar-refractivity contribution in [2.75, 3.05) is 33.4 Å². The van der Waals surface area contributed by atoms with Gasteiger partial charge in [0.1, 0.15) is 0 Å². The second-order valence-corrected chi connectivity index (χ2v) is 3.16. The summed E-state index contributed by atoms with van der Waals surface area (Å²) in [6.07, 6.45) is 0.805. The molecule has 0 aliphatic carbocycles. The van der Waals surface area contributed by atoms with Gasteiger partial charge in [-0.2, -0.15) is 0 Å². The molecule has 0 amide bonds. The van der Waals surface area contributed by atoms with Crippen LogP contribution in [0.3, 0.4) is 0 Å². The van der Waals surface area contributed by atoms with E-state index in [2.05, 4.69) is 4.90 Å². The third-order valence-corrected chi connectivity index (χ3v) is 1.61. The molecule has 0 aromatic heterocycles. The van der Waals surface area contributed by atoms with Crippen molar-refractivity contribution in [2.45, 2.75) is 26.4 Å². The summed E-state index contributed by atoms with van der Waals surface area (Å²) >= 11 is 0. The number of ether oxygens (including phenoxy) is 1. The van der Waals surface area contributed by atoms with Gasteiger partial charge in [-0.25, -0.2) is 0 Å². The number of likely N-dealkylation sites (N-methyl/N-ethyl adjacent to an activating group) is 1. The van der Waals surface area contributed by atoms with Crippen molar-refractivity contribution in [3.05, 3.63) is 0 Å². The van der Waals surface area contributed by atoms with Gasteiger partial charge in [-0.1, -0.05) is 0 Å². The van der Waals surface area contributed by atoms with Crippen molar-refractivity contribution in [2.24, 2.45) is 0 Å². The first kappa shape index (κ1) is 11.9. The summed E-state index contributed by atoms with van der Waals surface area (Å²) in [7, 11) is 2.01. The highest BCUT2D eigenvalue weighted by Crippen LogP contribution is 1.91. The minimum atomic E-state index is -0.234. The van der Waals surface area contributed by atoms with Crippen LogP contribution in [0.1, 0.15) is 20.3 Å². The van der Waals surface area contributed by atoms with Crippen LogP contribution >= 0.6 is 0 Å². The van der Waals surface area contributed by atoms with Crippen molar-refractivity contribution in [3.8, 4) is 0 Å². The van der Waals surface area contributed by atoms with Crippen LogP contribution in [0.4, 0.5) is 0 Å². The molecule has 0 aromatic rings. The zero-order valence-electron chi connectivity index (χ0n) is 8.42. The van der Waals surface area contributed by atoms with Crippen LogP contribution in [-0.4, -0.2) is 49.5 Å². The van der Waals surface area contributed by atoms with E-state index in [0.29, 0.717) is 0 Å². The van der Waals surface area contributed by atoms with E-state index in [-0.39, 0.29) is 6.10 Å². The first-order valence-corrected chi connectivity index (χ1v) is 4.61. The average molecular weight is 175 g/mol. The molecule has 0 fully saturated rings. The molecule has 1 unspecified atom stereocenters. The van der Waals surface area contributed by atoms with Crippen molar-refractivity contribution in [1.29, 1.82) is 0 Å². The van der Waals surface area contributed by atoms with E-state index in [1.54, 1.807) is 6.92 Å². The Labute approximate surface area is 75.3 Å². The molecule has 0 aliphatic heterocycles. The van der Waals surface area contributed by atoms with Gasteiger partial charge in [0, 0.05) is 26.3 Å². The van der Waals surface area contributed by atoms with E-state index in [0.717, 1.165) is 32.7 Å². The zero-order valence-corrected chi connectivity index (χ0v) is 8.42. The lowest BCUT2D eigenvalue weighted by Gasteiger charge is -2.17. The Morgan fingerprint density at radius 3 is 2.67 bits per heavy atom. The molecule has 0 aromatic carbocycles. The standard InChI is InChI=1S/C9H21NO2/c1-4-12-7-5-6-10(3)8-9(2)11/h9,11H,4-8H2,1-3H3. The van der Waals surface area contributed by atoms with E-state index in [1.165, 1.54) is 0 Å². The number of aliphatic hydroxyl groups is 1. The van der Waals surface area contributed by atoms with Gasteiger partial charge in [0.05, 0.1) is 6.10 Å². The van der Waals surface area contributed by atoms with Gasteiger partial charge < -0.3 is 14.7 Å². The van der Waals surface area contributed by atoms with Gasteiger partial charge in [0.15, 0.2) is 0 Å². The first-order chi connectivity index (χ1) is 5.66. The van der Waals surface area contributed by atoms with E-state index in [4.69, 9.17) is 9.84 Å². The van der Waals surface area contributed by atoms with Crippen molar-refractivity contribution in [1.82, 2.24) is 4.90 Å². The smallest absolute Gasteiger partial charge is 0.0638 e. The molecule has 12 heavy (non-hydrogen) atoms. The summed E-state index contributed by atoms with van der Waals surface area (Å²) in [6, 6.07) is 0. The van der Waals surface area contributed by atoms with Crippen molar-refractivity contribution < 1.29 is 9.84 Å². The minimum absolute atomic E-state index is 0.234. The normalized spacial score (nSPS) is 13.8. The molecule has 74 valence electrons. The lowest BCUT2D eigenvalue weighted by atomic mass is 10.3. The quantitative estimate of drug-likeness (QED) is 0.579. The Morgan fingerprint density at radius 1 is 1.50 bits per heavy atom. The summed E-state index contributed by atoms with van der Waals surface area (Å²) in [5.41, 5.74) is 0. The van der Waals surface area contributed by atoms with Crippen LogP contribution in [0.2, 0.25) is 0 Å². The van der Waals surface area contributed by atoms with Crippen LogP contribution < -0.4 is 0 Å². The molecule has 0 saturated carbocycles. The second-order valence-electron chi connectivity index (χ2n) is 3.16. The lowest BCUT2D eigenvalue weighted by Crippen LogP contribution is -2.28. The van der Waals surface area contributed by atoms with Gasteiger partial charge >= 0.3 is 0 Å². The summed E-state index contributed by atoms with van der Waals surface area (Å²) in [4.78, 5) is 2.11. The van der Waals surface area contributed by atoms with Crippen LogP contribution in [0.5, 0.6) is 0 Å². The largest absolute Gasteiger partial charge is 0.392 e. The number of aliphatic hydroxyl groups excluding tert-OH is 1. The zero-order chi connectivity index (χ0) is 9.40. The fourth-order valence-electron chi connectivity index (χ4n) is 1.12. The van der Waals surface area contributed by atoms with E-state index in [1.807, 2.05) is 14.0 Å². The molecule has 0 radical (unpaired) electrons. The fraction of sp³-hybridized carbons (Fsp3) is 1.00. The highest BCUT2D eigenvalue weighted by molar-refractivity contribution is 4.55. The summed E-state index contributed by atoms with van der Waals surface area (Å²) < 4.78 is 5.20. The molecule has 0 rings (SSSR count). The van der Waals surface area contributed by atoms with Gasteiger partial charge in [0.2, 0.25) is 0 Å². The van der Waals surface area contributed by atoms with Gasteiger partial charge in [-0.3, -0.25) is 0 Å². The average Bonchev–Trinajstić information content (AvgIpc) is 1.97. The lowest BCUT2D eigenvalue weighted by molar-refractivity contribution is 0.115. The predicted molar refractivity (Wildman–Crippen MR) is 50.3 cm³/mol. The molecule has 3 nitrogen and oxygen atoms in total. The van der Waals surface area contributed by atoms with Crippen LogP contribution in [-0.2, 0) is 4.74 Å². The summed E-state index contributed by atoms with van der Waals surface area (Å²) in [5.74, 6) is 0. The number of hydrogen-bond donors (Lipinski definition) is 1. The second kappa shape index (κ2) is 7.53. The van der Waals surface area contributed by atoms with E-state index >= 15 is 0 Å². The number of rotatable bonds is 7. The Bertz CT molecular complexity index is 96.5. The van der Waals surface area contributed by atoms with Gasteiger partial charge in [-0.05, 0) is 27.3 Å². The molecule has 0 heterocycles. The molecule has 0 saturated heterocycles. The first-order valence-electron chi connectivity index (χ1n) is 4.61. The third kappa shape index (κ3) is 7.98. The van der Waals surface area contributed by atoms with Crippen molar-refractivity contribution in [3.63, 3.8) is 0 Å². The van der Waals surface area contributed by atoms with Gasteiger partial charge in [-0.15, -0.1) is 0 Å². The maximum Gasteiger partial charge on any atom is 0.0638 e. The highest BCUT2D eigenvalue weighted by atomic mass is 16.5. The van der Waals surface area contributed by atoms with Crippen LogP contribution in [0, 0.1) is 0 Å². The monoisotopic (exact) mass is 175 g/mol. The Hall–Kier alpha value is -0.120. The highest BCUT2D eigenvalue weighted by Gasteiger charge is 2.01. The Morgan fingerprint density at radius 2 is 2.17 bits per heavy atom. The van der Waals surface area contributed by atoms with Gasteiger partial charge in [0.25, 0.3) is 0 Å². The maximum absolute atomic E-state index is 9.05. The molecular formula is C9H21NO2. The summed E-state index contributed by atoms with van der Waals surface area (Å²) in [6.45, 7) is 7.15. The fourth-order valence-corrected chi connectivity index (χ4v) is 1.12. The van der Waals surface area contributed by atoms with E-state index < -0.39 is 0 Å². The molecular weight excluding hydrogens is 154 g/mol. The topological polar surface area (TPSA) is 32.7 Å². The molecule has 1 atom stereocenters. The SMILES string of the molecule is CCOCCCN(C)CC(C)O. The molecule has 3 heteroatoms. The maximum atomic E-state index is 9.05. The minimum Gasteiger partial charge on any atom is -0.392 e. The number of nitrogens with zero attached hydrogens (tertiary/aromatic N) is 1. The molecule has 0 aliphatic rings. The number of hydrogen-bond acceptors (Lipinski definition) is 3.